The Bertz CT molecular complexity index is 740. The number of amides is 1. The molecule has 0 aliphatic carbocycles. The van der Waals surface area contributed by atoms with E-state index in [0.717, 1.165) is 0 Å². The molecule has 0 atom stereocenters. The summed E-state index contributed by atoms with van der Waals surface area (Å²) in [5, 5.41) is 6.30. The highest BCUT2D eigenvalue weighted by molar-refractivity contribution is 6.32. The number of methoxy groups -OCH3 is 3. The van der Waals surface area contributed by atoms with Crippen molar-refractivity contribution in [1.82, 2.24) is 10.3 Å². The molecule has 0 saturated heterocycles. The summed E-state index contributed by atoms with van der Waals surface area (Å²) in [6.07, 6.45) is 1.55. The minimum absolute atomic E-state index is 0.205. The number of halogens is 1. The number of benzene rings is 1. The maximum atomic E-state index is 12.1. The van der Waals surface area contributed by atoms with Crippen molar-refractivity contribution in [2.45, 2.75) is 0 Å². The number of carbonyl (C=O) groups excluding carboxylic acids is 1. The number of aromatic nitrogens is 1. The van der Waals surface area contributed by atoms with Crippen LogP contribution in [-0.4, -0.2) is 45.4 Å². The number of nitrogens with one attached hydrogen (secondary N) is 2. The van der Waals surface area contributed by atoms with Crippen molar-refractivity contribution in [2.75, 3.05) is 39.8 Å². The van der Waals surface area contributed by atoms with E-state index in [0.29, 0.717) is 46.7 Å². The summed E-state index contributed by atoms with van der Waals surface area (Å²) in [4.78, 5) is 16.3. The van der Waals surface area contributed by atoms with Crippen molar-refractivity contribution in [2.24, 2.45) is 0 Å². The molecule has 134 valence electrons. The lowest BCUT2D eigenvalue weighted by molar-refractivity contribution is 0.0937. The SMILES string of the molecule is COCCNC(=O)c1ccnc(Nc2cc(OC)c(Cl)cc2OC)c1. The van der Waals surface area contributed by atoms with Crippen molar-refractivity contribution < 1.29 is 19.0 Å². The van der Waals surface area contributed by atoms with Gasteiger partial charge in [0.05, 0.1) is 31.5 Å². The number of hydrogen-bond donors (Lipinski definition) is 2. The summed E-state index contributed by atoms with van der Waals surface area (Å²) in [7, 11) is 4.64. The third-order valence-electron chi connectivity index (χ3n) is 3.35. The molecule has 0 saturated carbocycles. The molecule has 1 heterocycles. The zero-order valence-electron chi connectivity index (χ0n) is 14.3. The van der Waals surface area contributed by atoms with Crippen molar-refractivity contribution in [3.63, 3.8) is 0 Å². The van der Waals surface area contributed by atoms with Crippen LogP contribution in [-0.2, 0) is 4.74 Å². The smallest absolute Gasteiger partial charge is 0.251 e. The van der Waals surface area contributed by atoms with Crippen molar-refractivity contribution >= 4 is 29.0 Å². The molecule has 2 N–H and O–H groups in total. The van der Waals surface area contributed by atoms with Crippen LogP contribution in [0.2, 0.25) is 5.02 Å². The predicted molar refractivity (Wildman–Crippen MR) is 96.3 cm³/mol. The van der Waals surface area contributed by atoms with Crippen LogP contribution >= 0.6 is 11.6 Å². The van der Waals surface area contributed by atoms with Gasteiger partial charge in [0.15, 0.2) is 0 Å². The first kappa shape index (κ1) is 18.8. The van der Waals surface area contributed by atoms with Gasteiger partial charge in [-0.3, -0.25) is 4.79 Å². The van der Waals surface area contributed by atoms with Gasteiger partial charge in [0.2, 0.25) is 0 Å². The van der Waals surface area contributed by atoms with Crippen LogP contribution in [0.15, 0.2) is 30.5 Å². The summed E-state index contributed by atoms with van der Waals surface area (Å²) >= 11 is 6.10. The van der Waals surface area contributed by atoms with Gasteiger partial charge in [-0.15, -0.1) is 0 Å². The minimum atomic E-state index is -0.205. The standard InChI is InChI=1S/C17H20ClN3O4/c1-23-7-6-20-17(22)11-4-5-19-16(8-11)21-13-10-14(24-2)12(18)9-15(13)25-3/h4-5,8-10H,6-7H2,1-3H3,(H,19,21)(H,20,22). The normalized spacial score (nSPS) is 10.2. The quantitative estimate of drug-likeness (QED) is 0.700. The Labute approximate surface area is 151 Å². The number of ether oxygens (including phenoxy) is 3. The molecule has 0 aliphatic rings. The third-order valence-corrected chi connectivity index (χ3v) is 3.65. The zero-order valence-corrected chi connectivity index (χ0v) is 15.0. The van der Waals surface area contributed by atoms with Crippen LogP contribution in [0.3, 0.4) is 0 Å². The summed E-state index contributed by atoms with van der Waals surface area (Å²) in [6.45, 7) is 0.881. The van der Waals surface area contributed by atoms with Gasteiger partial charge in [-0.25, -0.2) is 4.98 Å². The van der Waals surface area contributed by atoms with E-state index in [1.54, 1.807) is 37.6 Å². The van der Waals surface area contributed by atoms with Crippen LogP contribution in [0.25, 0.3) is 0 Å². The Hall–Kier alpha value is -2.51. The molecule has 7 nitrogen and oxygen atoms in total. The van der Waals surface area contributed by atoms with Crippen molar-refractivity contribution in [1.29, 1.82) is 0 Å². The van der Waals surface area contributed by atoms with Crippen molar-refractivity contribution in [3.8, 4) is 11.5 Å². The predicted octanol–water partition coefficient (Wildman–Crippen LogP) is 2.87. The fraction of sp³-hybridized carbons (Fsp3) is 0.294. The number of hydrogen-bond acceptors (Lipinski definition) is 6. The third kappa shape index (κ3) is 4.98. The Morgan fingerprint density at radius 2 is 1.92 bits per heavy atom. The van der Waals surface area contributed by atoms with Gasteiger partial charge in [-0.1, -0.05) is 11.6 Å². The number of pyridine rings is 1. The van der Waals surface area contributed by atoms with E-state index >= 15 is 0 Å². The number of anilines is 2. The molecule has 1 amide bonds. The van der Waals surface area contributed by atoms with Crippen molar-refractivity contribution in [3.05, 3.63) is 41.0 Å². The van der Waals surface area contributed by atoms with E-state index < -0.39 is 0 Å². The minimum Gasteiger partial charge on any atom is -0.495 e. The Morgan fingerprint density at radius 3 is 2.60 bits per heavy atom. The molecule has 2 aromatic rings. The number of rotatable bonds is 8. The molecule has 2 rings (SSSR count). The highest BCUT2D eigenvalue weighted by atomic mass is 35.5. The fourth-order valence-corrected chi connectivity index (χ4v) is 2.34. The van der Waals surface area contributed by atoms with Crippen LogP contribution in [0.5, 0.6) is 11.5 Å². The number of nitrogens with zero attached hydrogens (tertiary/aromatic N) is 1. The first-order valence-corrected chi connectivity index (χ1v) is 7.88. The second-order valence-corrected chi connectivity index (χ2v) is 5.40. The lowest BCUT2D eigenvalue weighted by Crippen LogP contribution is -2.27. The van der Waals surface area contributed by atoms with Crippen LogP contribution in [0.4, 0.5) is 11.5 Å². The molecule has 0 radical (unpaired) electrons. The Morgan fingerprint density at radius 1 is 1.16 bits per heavy atom. The second kappa shape index (κ2) is 9.10. The van der Waals surface area contributed by atoms with Gasteiger partial charge in [0.1, 0.15) is 17.3 Å². The molecule has 0 fully saturated rings. The molecule has 0 bridgehead atoms. The topological polar surface area (TPSA) is 81.7 Å². The highest BCUT2D eigenvalue weighted by Crippen LogP contribution is 2.37. The Kier molecular flexibility index (Phi) is 6.85. The van der Waals surface area contributed by atoms with Crippen LogP contribution < -0.4 is 20.1 Å². The van der Waals surface area contributed by atoms with E-state index in [-0.39, 0.29) is 5.91 Å². The molecule has 0 unspecified atom stereocenters. The summed E-state index contributed by atoms with van der Waals surface area (Å²) in [5.74, 6) is 1.31. The molecular weight excluding hydrogens is 346 g/mol. The molecule has 25 heavy (non-hydrogen) atoms. The lowest BCUT2D eigenvalue weighted by Gasteiger charge is -2.14. The monoisotopic (exact) mass is 365 g/mol. The molecule has 1 aromatic heterocycles. The molecule has 1 aromatic carbocycles. The van der Waals surface area contributed by atoms with Crippen LogP contribution in [0, 0.1) is 0 Å². The van der Waals surface area contributed by atoms with Gasteiger partial charge in [0.25, 0.3) is 5.91 Å². The van der Waals surface area contributed by atoms with E-state index in [1.165, 1.54) is 14.2 Å². The maximum Gasteiger partial charge on any atom is 0.251 e. The Balaban J connectivity index is 2.20. The van der Waals surface area contributed by atoms with Gasteiger partial charge in [-0.2, -0.15) is 0 Å². The van der Waals surface area contributed by atoms with Gasteiger partial charge >= 0.3 is 0 Å². The summed E-state index contributed by atoms with van der Waals surface area (Å²) < 4.78 is 15.4. The first-order valence-electron chi connectivity index (χ1n) is 7.50. The van der Waals surface area contributed by atoms with Gasteiger partial charge < -0.3 is 24.8 Å². The molecule has 0 aliphatic heterocycles. The molecule has 8 heteroatoms. The first-order chi connectivity index (χ1) is 12.1. The number of carbonyl (C=O) groups is 1. The molecular formula is C17H20ClN3O4. The van der Waals surface area contributed by atoms with E-state index in [2.05, 4.69) is 15.6 Å². The summed E-state index contributed by atoms with van der Waals surface area (Å²) in [6, 6.07) is 6.62. The summed E-state index contributed by atoms with van der Waals surface area (Å²) in [5.41, 5.74) is 1.10. The van der Waals surface area contributed by atoms with E-state index in [1.807, 2.05) is 0 Å². The molecule has 0 spiro atoms. The van der Waals surface area contributed by atoms with Crippen LogP contribution in [0.1, 0.15) is 10.4 Å². The second-order valence-electron chi connectivity index (χ2n) is 4.99. The zero-order chi connectivity index (χ0) is 18.2. The highest BCUT2D eigenvalue weighted by Gasteiger charge is 2.12. The fourth-order valence-electron chi connectivity index (χ4n) is 2.10. The lowest BCUT2D eigenvalue weighted by atomic mass is 10.2. The maximum absolute atomic E-state index is 12.1. The van der Waals surface area contributed by atoms with E-state index in [9.17, 15) is 4.79 Å². The van der Waals surface area contributed by atoms with Gasteiger partial charge in [-0.05, 0) is 12.1 Å². The van der Waals surface area contributed by atoms with E-state index in [4.69, 9.17) is 25.8 Å². The van der Waals surface area contributed by atoms with Gasteiger partial charge in [0, 0.05) is 37.5 Å². The average molecular weight is 366 g/mol. The largest absolute Gasteiger partial charge is 0.495 e. The average Bonchev–Trinajstić information content (AvgIpc) is 2.63.